The van der Waals surface area contributed by atoms with Gasteiger partial charge in [0.15, 0.2) is 5.69 Å². The van der Waals surface area contributed by atoms with Crippen LogP contribution in [0.2, 0.25) is 0 Å². The molecule has 0 aliphatic heterocycles. The average molecular weight is 292 g/mol. The summed E-state index contributed by atoms with van der Waals surface area (Å²) in [7, 11) is 0. The lowest BCUT2D eigenvalue weighted by Crippen LogP contribution is -2.24. The standard InChI is InChI=1S/C14H20N4O3/c1-8-11(10(3)21-16-8)7-18-9(2)12(15-17-18)13(19)20-14(4,5)6/h7H2,1-6H3. The minimum Gasteiger partial charge on any atom is -0.455 e. The van der Waals surface area contributed by atoms with Gasteiger partial charge in [-0.15, -0.1) is 5.10 Å². The fraction of sp³-hybridized carbons (Fsp3) is 0.571. The minimum absolute atomic E-state index is 0.233. The number of carbonyl (C=O) groups is 1. The summed E-state index contributed by atoms with van der Waals surface area (Å²) >= 11 is 0. The second-order valence-corrected chi connectivity index (χ2v) is 5.99. The number of aromatic nitrogens is 4. The van der Waals surface area contributed by atoms with Crippen molar-refractivity contribution in [2.75, 3.05) is 0 Å². The topological polar surface area (TPSA) is 83.0 Å². The van der Waals surface area contributed by atoms with Crippen LogP contribution in [0.1, 0.15) is 54.0 Å². The summed E-state index contributed by atoms with van der Waals surface area (Å²) in [6, 6.07) is 0. The molecule has 0 saturated heterocycles. The van der Waals surface area contributed by atoms with Crippen molar-refractivity contribution in [3.63, 3.8) is 0 Å². The Hall–Kier alpha value is -2.18. The third kappa shape index (κ3) is 3.29. The zero-order valence-corrected chi connectivity index (χ0v) is 13.2. The number of ether oxygens (including phenoxy) is 1. The van der Waals surface area contributed by atoms with Crippen LogP contribution in [0.15, 0.2) is 4.52 Å². The Kier molecular flexibility index (Phi) is 3.85. The van der Waals surface area contributed by atoms with E-state index in [1.54, 1.807) is 11.6 Å². The fourth-order valence-electron chi connectivity index (χ4n) is 1.90. The highest BCUT2D eigenvalue weighted by Crippen LogP contribution is 2.17. The predicted molar refractivity (Wildman–Crippen MR) is 75.0 cm³/mol. The Bertz CT molecular complexity index is 645. The zero-order chi connectivity index (χ0) is 15.8. The van der Waals surface area contributed by atoms with Crippen molar-refractivity contribution in [2.24, 2.45) is 0 Å². The summed E-state index contributed by atoms with van der Waals surface area (Å²) in [5.41, 5.74) is 2.08. The molecule has 0 aliphatic carbocycles. The number of hydrogen-bond donors (Lipinski definition) is 0. The molecule has 7 nitrogen and oxygen atoms in total. The Morgan fingerprint density at radius 2 is 1.95 bits per heavy atom. The van der Waals surface area contributed by atoms with Crippen LogP contribution in [-0.4, -0.2) is 31.7 Å². The van der Waals surface area contributed by atoms with Gasteiger partial charge in [0.1, 0.15) is 11.4 Å². The van der Waals surface area contributed by atoms with Crippen LogP contribution < -0.4 is 0 Å². The Labute approximate surface area is 123 Å². The maximum Gasteiger partial charge on any atom is 0.361 e. The van der Waals surface area contributed by atoms with E-state index in [1.807, 2.05) is 34.6 Å². The molecule has 2 aromatic rings. The molecule has 0 N–H and O–H groups in total. The third-order valence-electron chi connectivity index (χ3n) is 3.06. The van der Waals surface area contributed by atoms with Gasteiger partial charge >= 0.3 is 5.97 Å². The summed E-state index contributed by atoms with van der Waals surface area (Å²) in [5.74, 6) is 0.270. The maximum absolute atomic E-state index is 12.1. The van der Waals surface area contributed by atoms with E-state index < -0.39 is 11.6 Å². The summed E-state index contributed by atoms with van der Waals surface area (Å²) in [4.78, 5) is 12.1. The molecule has 2 heterocycles. The van der Waals surface area contributed by atoms with Gasteiger partial charge in [-0.3, -0.25) is 0 Å². The molecule has 2 rings (SSSR count). The van der Waals surface area contributed by atoms with E-state index in [2.05, 4.69) is 15.5 Å². The fourth-order valence-corrected chi connectivity index (χ4v) is 1.90. The molecular formula is C14H20N4O3. The molecule has 0 aliphatic rings. The largest absolute Gasteiger partial charge is 0.455 e. The molecule has 2 aromatic heterocycles. The normalized spacial score (nSPS) is 11.7. The van der Waals surface area contributed by atoms with Crippen LogP contribution >= 0.6 is 0 Å². The number of hydrogen-bond acceptors (Lipinski definition) is 6. The van der Waals surface area contributed by atoms with E-state index in [0.29, 0.717) is 12.2 Å². The summed E-state index contributed by atoms with van der Waals surface area (Å²) in [6.45, 7) is 11.4. The van der Waals surface area contributed by atoms with Crippen molar-refractivity contribution in [3.05, 3.63) is 28.4 Å². The number of aryl methyl sites for hydroxylation is 2. The zero-order valence-electron chi connectivity index (χ0n) is 13.2. The number of rotatable bonds is 3. The predicted octanol–water partition coefficient (Wildman–Crippen LogP) is 2.19. The van der Waals surface area contributed by atoms with Crippen LogP contribution in [0.25, 0.3) is 0 Å². The molecule has 0 unspecified atom stereocenters. The molecule has 0 spiro atoms. The summed E-state index contributed by atoms with van der Waals surface area (Å²) in [6.07, 6.45) is 0. The van der Waals surface area contributed by atoms with E-state index in [-0.39, 0.29) is 5.69 Å². The van der Waals surface area contributed by atoms with Gasteiger partial charge in [-0.2, -0.15) is 0 Å². The quantitative estimate of drug-likeness (QED) is 0.806. The van der Waals surface area contributed by atoms with Gasteiger partial charge in [-0.25, -0.2) is 9.48 Å². The SMILES string of the molecule is Cc1noc(C)c1Cn1nnc(C(=O)OC(C)(C)C)c1C. The van der Waals surface area contributed by atoms with E-state index in [9.17, 15) is 4.79 Å². The third-order valence-corrected chi connectivity index (χ3v) is 3.06. The minimum atomic E-state index is -0.561. The second kappa shape index (κ2) is 5.31. The van der Waals surface area contributed by atoms with Crippen molar-refractivity contribution in [1.82, 2.24) is 20.2 Å². The van der Waals surface area contributed by atoms with Gasteiger partial charge in [0.05, 0.1) is 17.9 Å². The first kappa shape index (κ1) is 15.2. The second-order valence-electron chi connectivity index (χ2n) is 5.99. The first-order valence-corrected chi connectivity index (χ1v) is 6.74. The molecular weight excluding hydrogens is 272 g/mol. The van der Waals surface area contributed by atoms with E-state index in [1.165, 1.54) is 0 Å². The van der Waals surface area contributed by atoms with Crippen molar-refractivity contribution >= 4 is 5.97 Å². The van der Waals surface area contributed by atoms with Crippen LogP contribution in [0.4, 0.5) is 0 Å². The summed E-state index contributed by atoms with van der Waals surface area (Å²) in [5, 5.41) is 11.9. The molecule has 0 aromatic carbocycles. The lowest BCUT2D eigenvalue weighted by atomic mass is 10.2. The lowest BCUT2D eigenvalue weighted by molar-refractivity contribution is 0.00619. The molecule has 21 heavy (non-hydrogen) atoms. The van der Waals surface area contributed by atoms with Crippen molar-refractivity contribution < 1.29 is 14.1 Å². The highest BCUT2D eigenvalue weighted by molar-refractivity contribution is 5.88. The number of nitrogens with zero attached hydrogens (tertiary/aromatic N) is 4. The highest BCUT2D eigenvalue weighted by Gasteiger charge is 2.24. The Morgan fingerprint density at radius 1 is 1.29 bits per heavy atom. The molecule has 0 radical (unpaired) electrons. The first-order valence-electron chi connectivity index (χ1n) is 6.74. The van der Waals surface area contributed by atoms with Gasteiger partial charge in [0, 0.05) is 5.56 Å². The van der Waals surface area contributed by atoms with E-state index >= 15 is 0 Å². The molecule has 0 saturated carbocycles. The van der Waals surface area contributed by atoms with E-state index in [0.717, 1.165) is 17.0 Å². The van der Waals surface area contributed by atoms with Crippen LogP contribution in [0.5, 0.6) is 0 Å². The molecule has 114 valence electrons. The Morgan fingerprint density at radius 3 is 2.48 bits per heavy atom. The molecule has 0 atom stereocenters. The first-order chi connectivity index (χ1) is 9.69. The van der Waals surface area contributed by atoms with Crippen molar-refractivity contribution in [1.29, 1.82) is 0 Å². The van der Waals surface area contributed by atoms with Gasteiger partial charge in [-0.05, 0) is 41.5 Å². The van der Waals surface area contributed by atoms with Gasteiger partial charge in [0.25, 0.3) is 0 Å². The Balaban J connectivity index is 2.23. The molecule has 0 amide bonds. The smallest absolute Gasteiger partial charge is 0.361 e. The lowest BCUT2D eigenvalue weighted by Gasteiger charge is -2.18. The van der Waals surface area contributed by atoms with Crippen molar-refractivity contribution in [2.45, 2.75) is 53.7 Å². The molecule has 7 heteroatoms. The van der Waals surface area contributed by atoms with Gasteiger partial charge in [-0.1, -0.05) is 10.4 Å². The van der Waals surface area contributed by atoms with Crippen molar-refractivity contribution in [3.8, 4) is 0 Å². The van der Waals surface area contributed by atoms with Gasteiger partial charge < -0.3 is 9.26 Å². The van der Waals surface area contributed by atoms with E-state index in [4.69, 9.17) is 9.26 Å². The summed E-state index contributed by atoms with van der Waals surface area (Å²) < 4.78 is 12.1. The molecule has 0 bridgehead atoms. The van der Waals surface area contributed by atoms with Crippen LogP contribution in [0.3, 0.4) is 0 Å². The highest BCUT2D eigenvalue weighted by atomic mass is 16.6. The monoisotopic (exact) mass is 292 g/mol. The number of carbonyl (C=O) groups excluding carboxylic acids is 1. The van der Waals surface area contributed by atoms with Crippen LogP contribution in [0, 0.1) is 20.8 Å². The van der Waals surface area contributed by atoms with Gasteiger partial charge in [0.2, 0.25) is 0 Å². The maximum atomic E-state index is 12.1. The molecule has 0 fully saturated rings. The average Bonchev–Trinajstić information content (AvgIpc) is 2.85. The van der Waals surface area contributed by atoms with Crippen LogP contribution in [-0.2, 0) is 11.3 Å². The number of esters is 1.